The number of ether oxygens (including phenoxy) is 1. The van der Waals surface area contributed by atoms with Crippen LogP contribution in [0.5, 0.6) is 5.75 Å². The number of thiazole rings is 1. The number of carbonyl (C=O) groups is 2. The molecule has 138 valence electrons. The lowest BCUT2D eigenvalue weighted by atomic mass is 9.93. The van der Waals surface area contributed by atoms with E-state index in [9.17, 15) is 9.59 Å². The van der Waals surface area contributed by atoms with Gasteiger partial charge in [0.15, 0.2) is 11.7 Å². The first-order valence-corrected chi connectivity index (χ1v) is 9.49. The van der Waals surface area contributed by atoms with E-state index in [1.165, 1.54) is 11.3 Å². The van der Waals surface area contributed by atoms with Crippen LogP contribution in [-0.2, 0) is 15.0 Å². The van der Waals surface area contributed by atoms with Crippen LogP contribution in [0.3, 0.4) is 0 Å². The molecule has 0 atom stereocenters. The van der Waals surface area contributed by atoms with Gasteiger partial charge in [0, 0.05) is 28.5 Å². The molecule has 1 heterocycles. The quantitative estimate of drug-likeness (QED) is 0.807. The highest BCUT2D eigenvalue weighted by molar-refractivity contribution is 7.13. The number of hydrogen-bond donors (Lipinski definition) is 2. The number of anilines is 2. The molecule has 1 saturated carbocycles. The number of aromatic nitrogens is 1. The molecule has 0 unspecified atom stereocenters. The summed E-state index contributed by atoms with van der Waals surface area (Å²) < 4.78 is 5.53. The Labute approximate surface area is 157 Å². The Morgan fingerprint density at radius 1 is 1.27 bits per heavy atom. The monoisotopic (exact) mass is 373 g/mol. The Morgan fingerprint density at radius 3 is 2.69 bits per heavy atom. The van der Waals surface area contributed by atoms with E-state index >= 15 is 0 Å². The molecule has 2 N–H and O–H groups in total. The van der Waals surface area contributed by atoms with Crippen LogP contribution < -0.4 is 15.4 Å². The first kappa shape index (κ1) is 18.4. The molecule has 0 spiro atoms. The summed E-state index contributed by atoms with van der Waals surface area (Å²) in [6.07, 6.45) is 1.91. The molecule has 26 heavy (non-hydrogen) atoms. The summed E-state index contributed by atoms with van der Waals surface area (Å²) in [6, 6.07) is 7.05. The van der Waals surface area contributed by atoms with Crippen LogP contribution >= 0.6 is 11.3 Å². The largest absolute Gasteiger partial charge is 0.484 e. The number of amides is 2. The lowest BCUT2D eigenvalue weighted by Crippen LogP contribution is -2.20. The summed E-state index contributed by atoms with van der Waals surface area (Å²) in [5.74, 6) is 0.440. The van der Waals surface area contributed by atoms with Crippen LogP contribution in [0.25, 0.3) is 0 Å². The van der Waals surface area contributed by atoms with Crippen molar-refractivity contribution in [3.05, 3.63) is 35.3 Å². The smallest absolute Gasteiger partial charge is 0.264 e. The zero-order valence-electron chi connectivity index (χ0n) is 15.2. The van der Waals surface area contributed by atoms with E-state index in [2.05, 4.69) is 36.4 Å². The van der Waals surface area contributed by atoms with Crippen LogP contribution in [0.4, 0.5) is 10.8 Å². The van der Waals surface area contributed by atoms with E-state index in [1.54, 1.807) is 24.3 Å². The molecule has 3 rings (SSSR count). The minimum absolute atomic E-state index is 0.0401. The number of nitrogens with zero attached hydrogens (tertiary/aromatic N) is 1. The van der Waals surface area contributed by atoms with E-state index in [0.717, 1.165) is 18.5 Å². The summed E-state index contributed by atoms with van der Waals surface area (Å²) >= 11 is 1.40. The lowest BCUT2D eigenvalue weighted by Gasteiger charge is -2.14. The maximum Gasteiger partial charge on any atom is 0.264 e. The van der Waals surface area contributed by atoms with Gasteiger partial charge >= 0.3 is 0 Å². The number of rotatable bonds is 6. The zero-order valence-corrected chi connectivity index (χ0v) is 16.0. The van der Waals surface area contributed by atoms with Crippen LogP contribution in [0.2, 0.25) is 0 Å². The van der Waals surface area contributed by atoms with Gasteiger partial charge in [-0.1, -0.05) is 26.8 Å². The number of hydrogen-bond acceptors (Lipinski definition) is 5. The summed E-state index contributed by atoms with van der Waals surface area (Å²) in [5, 5.41) is 8.12. The summed E-state index contributed by atoms with van der Waals surface area (Å²) in [7, 11) is 0. The summed E-state index contributed by atoms with van der Waals surface area (Å²) in [6.45, 7) is 6.10. The second kappa shape index (κ2) is 7.45. The molecular formula is C19H23N3O3S. The van der Waals surface area contributed by atoms with Gasteiger partial charge in [0.2, 0.25) is 5.91 Å². The maximum absolute atomic E-state index is 12.1. The molecule has 0 radical (unpaired) electrons. The third-order valence-electron chi connectivity index (χ3n) is 3.94. The maximum atomic E-state index is 12.1. The van der Waals surface area contributed by atoms with Crippen LogP contribution in [-0.4, -0.2) is 23.4 Å². The van der Waals surface area contributed by atoms with Crippen molar-refractivity contribution < 1.29 is 14.3 Å². The average Bonchev–Trinajstić information content (AvgIpc) is 3.32. The first-order chi connectivity index (χ1) is 12.3. The minimum atomic E-state index is -0.271. The Bertz CT molecular complexity index is 806. The molecular weight excluding hydrogens is 350 g/mol. The van der Waals surface area contributed by atoms with Crippen molar-refractivity contribution in [2.24, 2.45) is 5.92 Å². The summed E-state index contributed by atoms with van der Waals surface area (Å²) in [4.78, 5) is 28.3. The Morgan fingerprint density at radius 2 is 2.04 bits per heavy atom. The van der Waals surface area contributed by atoms with E-state index in [0.29, 0.717) is 16.6 Å². The predicted molar refractivity (Wildman–Crippen MR) is 103 cm³/mol. The van der Waals surface area contributed by atoms with Crippen molar-refractivity contribution in [2.75, 3.05) is 17.2 Å². The molecule has 1 aromatic carbocycles. The topological polar surface area (TPSA) is 80.3 Å². The van der Waals surface area contributed by atoms with Gasteiger partial charge in [0.05, 0.1) is 5.69 Å². The van der Waals surface area contributed by atoms with Crippen molar-refractivity contribution in [1.29, 1.82) is 0 Å². The second-order valence-corrected chi connectivity index (χ2v) is 8.27. The van der Waals surface area contributed by atoms with Gasteiger partial charge in [-0.25, -0.2) is 4.98 Å². The van der Waals surface area contributed by atoms with Crippen LogP contribution in [0, 0.1) is 5.92 Å². The van der Waals surface area contributed by atoms with E-state index in [4.69, 9.17) is 4.74 Å². The Hall–Kier alpha value is -2.41. The molecule has 0 aliphatic heterocycles. The molecule has 0 saturated heterocycles. The third-order valence-corrected chi connectivity index (χ3v) is 4.70. The van der Waals surface area contributed by atoms with Gasteiger partial charge < -0.3 is 10.1 Å². The molecule has 2 aromatic rings. The molecule has 6 nitrogen and oxygen atoms in total. The van der Waals surface area contributed by atoms with Gasteiger partial charge in [-0.2, -0.15) is 0 Å². The standard InChI is InChI=1S/C19H23N3O3S/c1-19(2,3)15-11-26-18(21-15)22-16(23)10-25-14-6-4-5-13(9-14)20-17(24)12-7-8-12/h4-6,9,11-12H,7-8,10H2,1-3H3,(H,20,24)(H,21,22,23). The number of carbonyl (C=O) groups excluding carboxylic acids is 2. The lowest BCUT2D eigenvalue weighted by molar-refractivity contribution is -0.118. The van der Waals surface area contributed by atoms with E-state index in [-0.39, 0.29) is 29.8 Å². The molecule has 1 aromatic heterocycles. The minimum Gasteiger partial charge on any atom is -0.484 e. The number of benzene rings is 1. The van der Waals surface area contributed by atoms with Gasteiger partial charge in [0.1, 0.15) is 5.75 Å². The Kier molecular flexibility index (Phi) is 5.27. The molecule has 1 aliphatic carbocycles. The van der Waals surface area contributed by atoms with Crippen molar-refractivity contribution in [1.82, 2.24) is 4.98 Å². The van der Waals surface area contributed by atoms with Crippen molar-refractivity contribution >= 4 is 34.0 Å². The van der Waals surface area contributed by atoms with Gasteiger partial charge in [0.25, 0.3) is 5.91 Å². The predicted octanol–water partition coefficient (Wildman–Crippen LogP) is 3.81. The highest BCUT2D eigenvalue weighted by Crippen LogP contribution is 2.30. The van der Waals surface area contributed by atoms with Crippen LogP contribution in [0.15, 0.2) is 29.6 Å². The van der Waals surface area contributed by atoms with Gasteiger partial charge in [-0.15, -0.1) is 11.3 Å². The fourth-order valence-corrected chi connectivity index (χ4v) is 3.19. The number of nitrogens with one attached hydrogen (secondary N) is 2. The molecule has 1 aliphatic rings. The molecule has 2 amide bonds. The average molecular weight is 373 g/mol. The van der Waals surface area contributed by atoms with Gasteiger partial charge in [-0.05, 0) is 25.0 Å². The fourth-order valence-electron chi connectivity index (χ4n) is 2.23. The molecule has 7 heteroatoms. The Balaban J connectivity index is 1.51. The highest BCUT2D eigenvalue weighted by atomic mass is 32.1. The van der Waals surface area contributed by atoms with Crippen molar-refractivity contribution in [2.45, 2.75) is 39.0 Å². The van der Waals surface area contributed by atoms with Crippen molar-refractivity contribution in [3.63, 3.8) is 0 Å². The van der Waals surface area contributed by atoms with E-state index in [1.807, 2.05) is 5.38 Å². The fraction of sp³-hybridized carbons (Fsp3) is 0.421. The van der Waals surface area contributed by atoms with Crippen LogP contribution in [0.1, 0.15) is 39.3 Å². The highest BCUT2D eigenvalue weighted by Gasteiger charge is 2.29. The second-order valence-electron chi connectivity index (χ2n) is 7.42. The third kappa shape index (κ3) is 5.05. The normalized spacial score (nSPS) is 14.0. The molecule has 0 bridgehead atoms. The SMILES string of the molecule is CC(C)(C)c1csc(NC(=O)COc2cccc(NC(=O)C3CC3)c2)n1. The first-order valence-electron chi connectivity index (χ1n) is 8.61. The zero-order chi connectivity index (χ0) is 18.7. The van der Waals surface area contributed by atoms with E-state index < -0.39 is 0 Å². The van der Waals surface area contributed by atoms with Gasteiger partial charge in [-0.3, -0.25) is 14.9 Å². The summed E-state index contributed by atoms with van der Waals surface area (Å²) in [5.41, 5.74) is 1.56. The molecule has 1 fully saturated rings. The van der Waals surface area contributed by atoms with Crippen molar-refractivity contribution in [3.8, 4) is 5.75 Å².